The van der Waals surface area contributed by atoms with Crippen LogP contribution in [-0.2, 0) is 16.1 Å². The minimum absolute atomic E-state index is 0.0147. The lowest BCUT2D eigenvalue weighted by Crippen LogP contribution is -2.46. The van der Waals surface area contributed by atoms with Gasteiger partial charge in [-0.25, -0.2) is 9.59 Å². The third-order valence-electron chi connectivity index (χ3n) is 2.38. The summed E-state index contributed by atoms with van der Waals surface area (Å²) >= 11 is 0. The molecule has 0 fully saturated rings. The molecule has 0 saturated carbocycles. The second-order valence-electron chi connectivity index (χ2n) is 4.14. The summed E-state index contributed by atoms with van der Waals surface area (Å²) in [4.78, 5) is 32.7. The first-order valence-corrected chi connectivity index (χ1v) is 6.01. The van der Waals surface area contributed by atoms with Crippen LogP contribution in [0.2, 0.25) is 0 Å². The molecule has 0 aliphatic carbocycles. The number of hydrogen-bond donors (Lipinski definition) is 6. The predicted octanol–water partition coefficient (Wildman–Crippen LogP) is -2.21. The van der Waals surface area contributed by atoms with Crippen molar-refractivity contribution in [2.24, 2.45) is 5.73 Å². The lowest BCUT2D eigenvalue weighted by atomic mass is 10.2. The number of carbonyl (C=O) groups is 3. The number of amides is 2. The number of carbonyl (C=O) groups excluding carboxylic acids is 1. The molecule has 1 rings (SSSR count). The van der Waals surface area contributed by atoms with Gasteiger partial charge in [0.25, 0.3) is 0 Å². The number of aliphatic hydroxyl groups excluding tert-OH is 1. The molecule has 0 bridgehead atoms. The maximum atomic E-state index is 11.5. The van der Waals surface area contributed by atoms with Crippen LogP contribution in [0.3, 0.4) is 0 Å². The summed E-state index contributed by atoms with van der Waals surface area (Å²) in [6, 6.07) is -3.33. The number of urea groups is 1. The van der Waals surface area contributed by atoms with Gasteiger partial charge < -0.3 is 36.1 Å². The van der Waals surface area contributed by atoms with E-state index in [9.17, 15) is 14.4 Å². The van der Waals surface area contributed by atoms with Gasteiger partial charge in [0.2, 0.25) is 11.8 Å². The third-order valence-corrected chi connectivity index (χ3v) is 2.38. The van der Waals surface area contributed by atoms with Gasteiger partial charge in [-0.1, -0.05) is 0 Å². The van der Waals surface area contributed by atoms with Gasteiger partial charge in [0.05, 0.1) is 19.6 Å². The quantitative estimate of drug-likeness (QED) is 0.305. The Kier molecular flexibility index (Phi) is 6.22. The van der Waals surface area contributed by atoms with Gasteiger partial charge in [-0.3, -0.25) is 4.79 Å². The fourth-order valence-corrected chi connectivity index (χ4v) is 1.31. The first kappa shape index (κ1) is 17.3. The highest BCUT2D eigenvalue weighted by molar-refractivity contribution is 5.86. The molecular formula is C10H15N5O7. The molecule has 0 radical (unpaired) electrons. The molecule has 0 aromatic carbocycles. The van der Waals surface area contributed by atoms with Crippen molar-refractivity contribution in [1.29, 1.82) is 0 Å². The number of carboxylic acid groups (broad SMARTS) is 2. The highest BCUT2D eigenvalue weighted by Gasteiger charge is 2.23. The van der Waals surface area contributed by atoms with Crippen LogP contribution >= 0.6 is 0 Å². The van der Waals surface area contributed by atoms with E-state index in [1.54, 1.807) is 0 Å². The fourth-order valence-electron chi connectivity index (χ4n) is 1.31. The Morgan fingerprint density at radius 3 is 2.50 bits per heavy atom. The van der Waals surface area contributed by atoms with Crippen LogP contribution in [0.25, 0.3) is 0 Å². The predicted molar refractivity (Wildman–Crippen MR) is 67.4 cm³/mol. The average Bonchev–Trinajstić information content (AvgIpc) is 2.92. The fraction of sp³-hybridized carbons (Fsp3) is 0.500. The number of carboxylic acids is 2. The smallest absolute Gasteiger partial charge is 0.326 e. The molecule has 2 unspecified atom stereocenters. The summed E-state index contributed by atoms with van der Waals surface area (Å²) < 4.78 is 5.04. The second-order valence-corrected chi connectivity index (χ2v) is 4.14. The molecule has 2 amide bonds. The molecule has 122 valence electrons. The average molecular weight is 317 g/mol. The summed E-state index contributed by atoms with van der Waals surface area (Å²) in [6.45, 7) is -0.624. The van der Waals surface area contributed by atoms with E-state index in [1.807, 2.05) is 5.32 Å². The maximum Gasteiger partial charge on any atom is 0.326 e. The van der Waals surface area contributed by atoms with Gasteiger partial charge in [-0.05, 0) is 0 Å². The maximum absolute atomic E-state index is 11.5. The van der Waals surface area contributed by atoms with Crippen molar-refractivity contribution in [1.82, 2.24) is 20.8 Å². The Hall–Kier alpha value is -2.73. The number of rotatable bonds is 8. The Bertz CT molecular complexity index is 546. The number of hydrogen-bond acceptors (Lipinski definition) is 8. The molecule has 0 aliphatic rings. The lowest BCUT2D eigenvalue weighted by Gasteiger charge is -2.12. The molecule has 1 aromatic rings. The molecule has 0 aliphatic heterocycles. The standard InChI is InChI=1S/C10H15N5O7/c11-4(3-16)8-15-14-6(22-8)2-12-10(21)13-5(9(19)20)1-7(17)18/h4-5,16H,1-3,11H2,(H,17,18)(H,19,20)(H2,12,13,21). The lowest BCUT2D eigenvalue weighted by molar-refractivity contribution is -0.145. The zero-order chi connectivity index (χ0) is 16.7. The zero-order valence-corrected chi connectivity index (χ0v) is 11.2. The van der Waals surface area contributed by atoms with Crippen molar-refractivity contribution in [2.75, 3.05) is 6.61 Å². The molecule has 0 spiro atoms. The summed E-state index contributed by atoms with van der Waals surface area (Å²) in [6.07, 6.45) is -0.765. The van der Waals surface area contributed by atoms with E-state index < -0.39 is 43.1 Å². The van der Waals surface area contributed by atoms with Gasteiger partial charge in [-0.15, -0.1) is 10.2 Å². The number of nitrogens with zero attached hydrogens (tertiary/aromatic N) is 2. The van der Waals surface area contributed by atoms with Crippen molar-refractivity contribution in [3.63, 3.8) is 0 Å². The molecule has 2 atom stereocenters. The van der Waals surface area contributed by atoms with Gasteiger partial charge in [0, 0.05) is 0 Å². The number of aromatic nitrogens is 2. The van der Waals surface area contributed by atoms with Crippen LogP contribution in [0.4, 0.5) is 4.79 Å². The minimum atomic E-state index is -1.57. The Labute approximate surface area is 123 Å². The van der Waals surface area contributed by atoms with E-state index >= 15 is 0 Å². The van der Waals surface area contributed by atoms with Gasteiger partial charge in [-0.2, -0.15) is 0 Å². The van der Waals surface area contributed by atoms with E-state index in [0.29, 0.717) is 0 Å². The van der Waals surface area contributed by atoms with E-state index in [4.69, 9.17) is 25.5 Å². The Morgan fingerprint density at radius 2 is 1.95 bits per heavy atom. The summed E-state index contributed by atoms with van der Waals surface area (Å²) in [5.41, 5.74) is 5.44. The molecular weight excluding hydrogens is 302 g/mol. The van der Waals surface area contributed by atoms with Gasteiger partial charge in [0.15, 0.2) is 0 Å². The van der Waals surface area contributed by atoms with Crippen LogP contribution in [-0.4, -0.2) is 56.1 Å². The summed E-state index contributed by atoms with van der Waals surface area (Å²) in [7, 11) is 0. The highest BCUT2D eigenvalue weighted by atomic mass is 16.4. The van der Waals surface area contributed by atoms with Crippen LogP contribution in [0.5, 0.6) is 0 Å². The summed E-state index contributed by atoms with van der Waals surface area (Å²) in [5.74, 6) is -2.88. The first-order valence-electron chi connectivity index (χ1n) is 6.01. The molecule has 22 heavy (non-hydrogen) atoms. The van der Waals surface area contributed by atoms with Gasteiger partial charge >= 0.3 is 18.0 Å². The van der Waals surface area contributed by atoms with Gasteiger partial charge in [0.1, 0.15) is 12.1 Å². The molecule has 12 heteroatoms. The summed E-state index contributed by atoms with van der Waals surface area (Å²) in [5, 5.41) is 37.4. The first-order chi connectivity index (χ1) is 10.3. The SMILES string of the molecule is NC(CO)c1nnc(CNC(=O)NC(CC(=O)O)C(=O)O)o1. The van der Waals surface area contributed by atoms with Crippen LogP contribution < -0.4 is 16.4 Å². The monoisotopic (exact) mass is 317 g/mol. The largest absolute Gasteiger partial charge is 0.481 e. The van der Waals surface area contributed by atoms with E-state index in [2.05, 4.69) is 15.5 Å². The van der Waals surface area contributed by atoms with E-state index in [-0.39, 0.29) is 18.3 Å². The van der Waals surface area contributed by atoms with Crippen molar-refractivity contribution in [3.8, 4) is 0 Å². The number of nitrogens with one attached hydrogen (secondary N) is 2. The van der Waals surface area contributed by atoms with Crippen molar-refractivity contribution >= 4 is 18.0 Å². The van der Waals surface area contributed by atoms with Crippen LogP contribution in [0, 0.1) is 0 Å². The number of aliphatic hydroxyl groups is 1. The second kappa shape index (κ2) is 7.90. The highest BCUT2D eigenvalue weighted by Crippen LogP contribution is 2.07. The molecule has 7 N–H and O–H groups in total. The minimum Gasteiger partial charge on any atom is -0.481 e. The van der Waals surface area contributed by atoms with E-state index in [0.717, 1.165) is 0 Å². The topological polar surface area (TPSA) is 201 Å². The molecule has 1 aromatic heterocycles. The molecule has 1 heterocycles. The van der Waals surface area contributed by atoms with Crippen molar-refractivity contribution in [3.05, 3.63) is 11.8 Å². The van der Waals surface area contributed by atoms with Crippen molar-refractivity contribution < 1.29 is 34.1 Å². The van der Waals surface area contributed by atoms with Crippen molar-refractivity contribution in [2.45, 2.75) is 25.0 Å². The normalized spacial score (nSPS) is 13.2. The van der Waals surface area contributed by atoms with Crippen LogP contribution in [0.1, 0.15) is 24.2 Å². The van der Waals surface area contributed by atoms with Crippen LogP contribution in [0.15, 0.2) is 4.42 Å². The zero-order valence-electron chi connectivity index (χ0n) is 11.2. The van der Waals surface area contributed by atoms with E-state index in [1.165, 1.54) is 0 Å². The number of nitrogens with two attached hydrogens (primary N) is 1. The Morgan fingerprint density at radius 1 is 1.27 bits per heavy atom. The molecule has 12 nitrogen and oxygen atoms in total. The third kappa shape index (κ3) is 5.34. The number of aliphatic carboxylic acids is 2. The Balaban J connectivity index is 2.49. The molecule has 0 saturated heterocycles.